The van der Waals surface area contributed by atoms with Crippen LogP contribution in [0.25, 0.3) is 0 Å². The SMILES string of the molecule is C[Si]C(C)(C)[Si]N(C(C)C)C(C)C. The highest BCUT2D eigenvalue weighted by atomic mass is 28.3. The summed E-state index contributed by atoms with van der Waals surface area (Å²) < 4.78 is 3.12. The van der Waals surface area contributed by atoms with Crippen molar-refractivity contribution in [1.29, 1.82) is 0 Å². The molecule has 0 aliphatic heterocycles. The Hall–Kier alpha value is 0.394. The summed E-state index contributed by atoms with van der Waals surface area (Å²) in [6.07, 6.45) is 0. The molecule has 0 unspecified atom stereocenters. The lowest BCUT2D eigenvalue weighted by molar-refractivity contribution is 0.306. The van der Waals surface area contributed by atoms with E-state index in [1.165, 1.54) is 0 Å². The molecule has 0 saturated carbocycles. The Morgan fingerprint density at radius 3 is 1.62 bits per heavy atom. The first kappa shape index (κ1) is 13.4. The van der Waals surface area contributed by atoms with Gasteiger partial charge in [0.2, 0.25) is 0 Å². The summed E-state index contributed by atoms with van der Waals surface area (Å²) in [6, 6.07) is 1.35. The average molecular weight is 213 g/mol. The van der Waals surface area contributed by atoms with Gasteiger partial charge in [0.1, 0.15) is 9.68 Å². The maximum atomic E-state index is 2.61. The molecule has 0 aliphatic rings. The molecule has 0 rings (SSSR count). The first-order valence-electron chi connectivity index (χ1n) is 5.05. The molecule has 0 bridgehead atoms. The van der Waals surface area contributed by atoms with Gasteiger partial charge in [0.05, 0.1) is 0 Å². The Balaban J connectivity index is 4.26. The van der Waals surface area contributed by atoms with Gasteiger partial charge in [-0.05, 0) is 16.7 Å². The minimum Gasteiger partial charge on any atom is -0.321 e. The third kappa shape index (κ3) is 4.98. The molecule has 4 radical (unpaired) electrons. The van der Waals surface area contributed by atoms with Crippen molar-refractivity contribution in [3.8, 4) is 0 Å². The Morgan fingerprint density at radius 1 is 1.00 bits per heavy atom. The van der Waals surface area contributed by atoms with Crippen LogP contribution in [0.5, 0.6) is 0 Å². The smallest absolute Gasteiger partial charge is 0.145 e. The summed E-state index contributed by atoms with van der Waals surface area (Å²) in [4.78, 5) is 0. The van der Waals surface area contributed by atoms with Crippen molar-refractivity contribution in [3.05, 3.63) is 0 Å². The van der Waals surface area contributed by atoms with E-state index < -0.39 is 0 Å². The zero-order chi connectivity index (χ0) is 10.6. The van der Waals surface area contributed by atoms with Gasteiger partial charge in [0, 0.05) is 9.52 Å². The third-order valence-corrected chi connectivity index (χ3v) is 6.33. The van der Waals surface area contributed by atoms with Crippen LogP contribution >= 0.6 is 0 Å². The number of nitrogens with zero attached hydrogens (tertiary/aromatic N) is 1. The lowest BCUT2D eigenvalue weighted by Gasteiger charge is -2.36. The molecule has 0 aromatic heterocycles. The molecule has 13 heavy (non-hydrogen) atoms. The van der Waals surface area contributed by atoms with E-state index in [-0.39, 0.29) is 0 Å². The monoisotopic (exact) mass is 213 g/mol. The van der Waals surface area contributed by atoms with Crippen LogP contribution in [-0.2, 0) is 0 Å². The van der Waals surface area contributed by atoms with E-state index in [1.54, 1.807) is 0 Å². The number of hydrogen-bond donors (Lipinski definition) is 0. The van der Waals surface area contributed by atoms with Crippen molar-refractivity contribution in [3.63, 3.8) is 0 Å². The van der Waals surface area contributed by atoms with E-state index in [1.807, 2.05) is 0 Å². The topological polar surface area (TPSA) is 3.24 Å². The maximum absolute atomic E-state index is 2.61. The van der Waals surface area contributed by atoms with Crippen molar-refractivity contribution in [2.75, 3.05) is 0 Å². The van der Waals surface area contributed by atoms with E-state index in [0.29, 0.717) is 16.7 Å². The highest BCUT2D eigenvalue weighted by Gasteiger charge is 2.25. The second-order valence-electron chi connectivity index (χ2n) is 4.58. The second kappa shape index (κ2) is 5.32. The minimum absolute atomic E-state index is 0.508. The van der Waals surface area contributed by atoms with Crippen molar-refractivity contribution in [2.24, 2.45) is 0 Å². The van der Waals surface area contributed by atoms with Gasteiger partial charge in [-0.3, -0.25) is 0 Å². The molecule has 76 valence electrons. The van der Waals surface area contributed by atoms with E-state index >= 15 is 0 Å². The Labute approximate surface area is 89.0 Å². The standard InChI is InChI=1S/C10H23NSi2/c1-8(2)11(9(3)4)13-10(5,6)12-7/h8-9H,1-7H3. The Kier molecular flexibility index (Phi) is 5.48. The van der Waals surface area contributed by atoms with Crippen LogP contribution in [0.1, 0.15) is 41.5 Å². The second-order valence-corrected chi connectivity index (χ2v) is 8.82. The van der Waals surface area contributed by atoms with Crippen molar-refractivity contribution >= 4 is 19.2 Å². The lowest BCUT2D eigenvalue weighted by Crippen LogP contribution is -2.45. The molecule has 0 saturated heterocycles. The molecule has 0 atom stereocenters. The summed E-state index contributed by atoms with van der Waals surface area (Å²) >= 11 is 0. The summed E-state index contributed by atoms with van der Waals surface area (Å²) in [5.74, 6) is 0. The van der Waals surface area contributed by atoms with E-state index in [2.05, 4.69) is 52.7 Å². The van der Waals surface area contributed by atoms with Gasteiger partial charge >= 0.3 is 0 Å². The van der Waals surface area contributed by atoms with Crippen molar-refractivity contribution < 1.29 is 0 Å². The zero-order valence-electron chi connectivity index (χ0n) is 10.1. The summed E-state index contributed by atoms with van der Waals surface area (Å²) in [5, 5.41) is 0. The Morgan fingerprint density at radius 2 is 1.38 bits per heavy atom. The van der Waals surface area contributed by atoms with E-state index in [4.69, 9.17) is 0 Å². The molecule has 0 aliphatic carbocycles. The largest absolute Gasteiger partial charge is 0.321 e. The fourth-order valence-corrected chi connectivity index (χ4v) is 3.23. The highest BCUT2D eigenvalue weighted by Crippen LogP contribution is 2.23. The quantitative estimate of drug-likeness (QED) is 0.635. The molecule has 0 amide bonds. The van der Waals surface area contributed by atoms with Gasteiger partial charge in [-0.1, -0.05) is 48.1 Å². The predicted octanol–water partition coefficient (Wildman–Crippen LogP) is 2.63. The van der Waals surface area contributed by atoms with Crippen LogP contribution in [0.2, 0.25) is 11.2 Å². The van der Waals surface area contributed by atoms with Crippen molar-refractivity contribution in [2.45, 2.75) is 64.8 Å². The van der Waals surface area contributed by atoms with Gasteiger partial charge in [-0.2, -0.15) is 0 Å². The van der Waals surface area contributed by atoms with Gasteiger partial charge in [-0.15, -0.1) is 0 Å². The molecule has 0 heterocycles. The third-order valence-electron chi connectivity index (χ3n) is 2.15. The maximum Gasteiger partial charge on any atom is 0.145 e. The zero-order valence-corrected chi connectivity index (χ0v) is 12.1. The van der Waals surface area contributed by atoms with Gasteiger partial charge in [-0.25, -0.2) is 0 Å². The van der Waals surface area contributed by atoms with Crippen LogP contribution in [0.3, 0.4) is 0 Å². The molecule has 0 fully saturated rings. The first-order valence-corrected chi connectivity index (χ1v) is 7.50. The molecular formula is C10H23NSi2. The van der Waals surface area contributed by atoms with Gasteiger partial charge < -0.3 is 4.57 Å². The molecule has 0 N–H and O–H groups in total. The molecule has 1 nitrogen and oxygen atoms in total. The molecule has 0 aromatic carbocycles. The summed E-state index contributed by atoms with van der Waals surface area (Å²) in [5.41, 5.74) is 0. The van der Waals surface area contributed by atoms with Crippen molar-refractivity contribution in [1.82, 2.24) is 4.57 Å². The predicted molar refractivity (Wildman–Crippen MR) is 63.5 cm³/mol. The van der Waals surface area contributed by atoms with Gasteiger partial charge in [0.25, 0.3) is 0 Å². The number of rotatable bonds is 5. The van der Waals surface area contributed by atoms with Crippen LogP contribution in [0.4, 0.5) is 0 Å². The van der Waals surface area contributed by atoms with E-state index in [0.717, 1.165) is 19.2 Å². The highest BCUT2D eigenvalue weighted by molar-refractivity contribution is 6.59. The summed E-state index contributed by atoms with van der Waals surface area (Å²) in [6.45, 7) is 16.2. The average Bonchev–Trinajstić information content (AvgIpc) is 1.99. The fourth-order valence-electron chi connectivity index (χ4n) is 1.23. The minimum atomic E-state index is 0.508. The van der Waals surface area contributed by atoms with Gasteiger partial charge in [0.15, 0.2) is 0 Å². The first-order chi connectivity index (χ1) is 5.80. The normalized spacial score (nSPS) is 13.4. The summed E-state index contributed by atoms with van der Waals surface area (Å²) in [7, 11) is 1.99. The van der Waals surface area contributed by atoms with Crippen LogP contribution in [0.15, 0.2) is 0 Å². The fraction of sp³-hybridized carbons (Fsp3) is 1.00. The van der Waals surface area contributed by atoms with Crippen LogP contribution in [0, 0.1) is 0 Å². The molecule has 0 aromatic rings. The Bertz CT molecular complexity index is 136. The number of hydrogen-bond acceptors (Lipinski definition) is 1. The molecule has 0 spiro atoms. The lowest BCUT2D eigenvalue weighted by atomic mass is 10.3. The van der Waals surface area contributed by atoms with Crippen LogP contribution < -0.4 is 0 Å². The molecular weight excluding hydrogens is 190 g/mol. The molecule has 3 heteroatoms. The van der Waals surface area contributed by atoms with Crippen LogP contribution in [-0.4, -0.2) is 35.8 Å². The van der Waals surface area contributed by atoms with E-state index in [9.17, 15) is 0 Å².